The summed E-state index contributed by atoms with van der Waals surface area (Å²) in [5.74, 6) is 3.14. The van der Waals surface area contributed by atoms with Gasteiger partial charge >= 0.3 is 0 Å². The molecule has 0 saturated heterocycles. The Morgan fingerprint density at radius 2 is 1.85 bits per heavy atom. The van der Waals surface area contributed by atoms with E-state index in [2.05, 4.69) is 15.3 Å². The molecule has 0 spiro atoms. The number of aromatic nitrogens is 2. The van der Waals surface area contributed by atoms with E-state index in [0.29, 0.717) is 23.2 Å². The Bertz CT molecular complexity index is 929. The molecule has 26 heavy (non-hydrogen) atoms. The number of anilines is 2. The van der Waals surface area contributed by atoms with Gasteiger partial charge in [0.15, 0.2) is 11.5 Å². The van der Waals surface area contributed by atoms with Gasteiger partial charge in [-0.3, -0.25) is 0 Å². The Labute approximate surface area is 150 Å². The molecule has 7 nitrogen and oxygen atoms in total. The van der Waals surface area contributed by atoms with E-state index >= 15 is 0 Å². The maximum Gasteiger partial charge on any atom is 0.231 e. The standard InChI is InChI=1S/C19H17N3O4/c1-23-14-5-3-13(4-6-14)21-19-20-8-7-15(22-19)12-9-16(24-2)18-17(10-12)25-11-26-18/h3-10H,11H2,1-2H3,(H,20,21,22). The zero-order valence-corrected chi connectivity index (χ0v) is 14.4. The number of methoxy groups -OCH3 is 2. The highest BCUT2D eigenvalue weighted by Crippen LogP contribution is 2.43. The molecule has 0 radical (unpaired) electrons. The Morgan fingerprint density at radius 1 is 1.00 bits per heavy atom. The third-order valence-corrected chi connectivity index (χ3v) is 3.96. The van der Waals surface area contributed by atoms with E-state index in [1.165, 1.54) is 0 Å². The van der Waals surface area contributed by atoms with Gasteiger partial charge in [-0.05, 0) is 42.5 Å². The summed E-state index contributed by atoms with van der Waals surface area (Å²) in [4.78, 5) is 8.85. The summed E-state index contributed by atoms with van der Waals surface area (Å²) in [6.45, 7) is 0.184. The van der Waals surface area contributed by atoms with Gasteiger partial charge in [-0.1, -0.05) is 0 Å². The van der Waals surface area contributed by atoms with Crippen molar-refractivity contribution >= 4 is 11.6 Å². The van der Waals surface area contributed by atoms with Crippen LogP contribution in [-0.4, -0.2) is 31.0 Å². The van der Waals surface area contributed by atoms with Gasteiger partial charge in [-0.2, -0.15) is 0 Å². The summed E-state index contributed by atoms with van der Waals surface area (Å²) < 4.78 is 21.5. The SMILES string of the molecule is COc1ccc(Nc2nccc(-c3cc(OC)c4c(c3)OCO4)n2)cc1. The molecule has 4 rings (SSSR count). The summed E-state index contributed by atoms with van der Waals surface area (Å²) in [6, 6.07) is 13.1. The van der Waals surface area contributed by atoms with Crippen LogP contribution in [0.5, 0.6) is 23.0 Å². The predicted molar refractivity (Wildman–Crippen MR) is 96.4 cm³/mol. The van der Waals surface area contributed by atoms with Crippen molar-refractivity contribution in [1.82, 2.24) is 9.97 Å². The van der Waals surface area contributed by atoms with Crippen LogP contribution in [0.1, 0.15) is 0 Å². The molecule has 0 aliphatic carbocycles. The van der Waals surface area contributed by atoms with Crippen LogP contribution in [0.3, 0.4) is 0 Å². The average molecular weight is 351 g/mol. The first-order valence-corrected chi connectivity index (χ1v) is 7.99. The van der Waals surface area contributed by atoms with Gasteiger partial charge in [0.05, 0.1) is 19.9 Å². The van der Waals surface area contributed by atoms with E-state index in [1.807, 2.05) is 42.5 Å². The number of rotatable bonds is 5. The monoisotopic (exact) mass is 351 g/mol. The molecule has 1 aliphatic rings. The van der Waals surface area contributed by atoms with Gasteiger partial charge in [0.2, 0.25) is 18.5 Å². The van der Waals surface area contributed by atoms with Crippen molar-refractivity contribution in [3.05, 3.63) is 48.7 Å². The molecular weight excluding hydrogens is 334 g/mol. The predicted octanol–water partition coefficient (Wildman–Crippen LogP) is 3.63. The first kappa shape index (κ1) is 16.0. The van der Waals surface area contributed by atoms with Gasteiger partial charge in [0.1, 0.15) is 5.75 Å². The van der Waals surface area contributed by atoms with Crippen LogP contribution in [-0.2, 0) is 0 Å². The van der Waals surface area contributed by atoms with Crippen molar-refractivity contribution in [2.24, 2.45) is 0 Å². The van der Waals surface area contributed by atoms with E-state index in [1.54, 1.807) is 20.4 Å². The van der Waals surface area contributed by atoms with Crippen molar-refractivity contribution in [2.45, 2.75) is 0 Å². The Morgan fingerprint density at radius 3 is 2.62 bits per heavy atom. The number of nitrogens with zero attached hydrogens (tertiary/aromatic N) is 2. The number of hydrogen-bond acceptors (Lipinski definition) is 7. The highest BCUT2D eigenvalue weighted by molar-refractivity contribution is 5.70. The number of ether oxygens (including phenoxy) is 4. The van der Waals surface area contributed by atoms with Crippen molar-refractivity contribution in [3.63, 3.8) is 0 Å². The molecule has 0 bridgehead atoms. The largest absolute Gasteiger partial charge is 0.497 e. The molecule has 2 heterocycles. The van der Waals surface area contributed by atoms with Crippen LogP contribution >= 0.6 is 0 Å². The lowest BCUT2D eigenvalue weighted by Gasteiger charge is -2.10. The third kappa shape index (κ3) is 3.06. The number of fused-ring (bicyclic) bond motifs is 1. The van der Waals surface area contributed by atoms with Crippen LogP contribution in [0.2, 0.25) is 0 Å². The molecule has 0 fully saturated rings. The minimum atomic E-state index is 0.184. The minimum absolute atomic E-state index is 0.184. The second-order valence-corrected chi connectivity index (χ2v) is 5.53. The lowest BCUT2D eigenvalue weighted by Crippen LogP contribution is -1.98. The molecule has 0 amide bonds. The number of benzene rings is 2. The summed E-state index contributed by atoms with van der Waals surface area (Å²) in [5.41, 5.74) is 2.46. The van der Waals surface area contributed by atoms with Gasteiger partial charge in [0, 0.05) is 17.4 Å². The van der Waals surface area contributed by atoms with Crippen LogP contribution in [0, 0.1) is 0 Å². The first-order chi connectivity index (χ1) is 12.8. The third-order valence-electron chi connectivity index (χ3n) is 3.96. The minimum Gasteiger partial charge on any atom is -0.497 e. The Kier molecular flexibility index (Phi) is 4.18. The normalized spacial score (nSPS) is 11.9. The smallest absolute Gasteiger partial charge is 0.231 e. The summed E-state index contributed by atoms with van der Waals surface area (Å²) >= 11 is 0. The fraction of sp³-hybridized carbons (Fsp3) is 0.158. The zero-order valence-electron chi connectivity index (χ0n) is 14.4. The molecule has 0 atom stereocenters. The maximum atomic E-state index is 5.48. The maximum absolute atomic E-state index is 5.48. The van der Waals surface area contributed by atoms with Gasteiger partial charge in [-0.15, -0.1) is 0 Å². The molecule has 1 N–H and O–H groups in total. The summed E-state index contributed by atoms with van der Waals surface area (Å²) in [7, 11) is 3.23. The molecule has 132 valence electrons. The van der Waals surface area contributed by atoms with Gasteiger partial charge in [0.25, 0.3) is 0 Å². The average Bonchev–Trinajstić information content (AvgIpc) is 3.17. The molecular formula is C19H17N3O4. The van der Waals surface area contributed by atoms with Crippen molar-refractivity contribution < 1.29 is 18.9 Å². The van der Waals surface area contributed by atoms with Crippen LogP contribution in [0.4, 0.5) is 11.6 Å². The highest BCUT2D eigenvalue weighted by Gasteiger charge is 2.21. The fourth-order valence-electron chi connectivity index (χ4n) is 2.66. The summed E-state index contributed by atoms with van der Waals surface area (Å²) in [6.07, 6.45) is 1.70. The Hall–Kier alpha value is -3.48. The van der Waals surface area contributed by atoms with Crippen molar-refractivity contribution in [3.8, 4) is 34.3 Å². The molecule has 7 heteroatoms. The van der Waals surface area contributed by atoms with Crippen molar-refractivity contribution in [2.75, 3.05) is 26.3 Å². The molecule has 2 aromatic carbocycles. The molecule has 0 saturated carbocycles. The molecule has 1 aliphatic heterocycles. The first-order valence-electron chi connectivity index (χ1n) is 7.99. The van der Waals surface area contributed by atoms with Crippen LogP contribution in [0.15, 0.2) is 48.7 Å². The van der Waals surface area contributed by atoms with E-state index in [4.69, 9.17) is 18.9 Å². The van der Waals surface area contributed by atoms with E-state index in [9.17, 15) is 0 Å². The van der Waals surface area contributed by atoms with Gasteiger partial charge in [-0.25, -0.2) is 9.97 Å². The van der Waals surface area contributed by atoms with E-state index in [0.717, 1.165) is 22.7 Å². The van der Waals surface area contributed by atoms with Gasteiger partial charge < -0.3 is 24.3 Å². The zero-order chi connectivity index (χ0) is 17.9. The lowest BCUT2D eigenvalue weighted by molar-refractivity contribution is 0.171. The van der Waals surface area contributed by atoms with Crippen LogP contribution < -0.4 is 24.3 Å². The summed E-state index contributed by atoms with van der Waals surface area (Å²) in [5, 5.41) is 3.18. The second-order valence-electron chi connectivity index (χ2n) is 5.53. The number of hydrogen-bond donors (Lipinski definition) is 1. The van der Waals surface area contributed by atoms with E-state index < -0.39 is 0 Å². The van der Waals surface area contributed by atoms with Crippen LogP contribution in [0.25, 0.3) is 11.3 Å². The molecule has 0 unspecified atom stereocenters. The lowest BCUT2D eigenvalue weighted by atomic mass is 10.1. The Balaban J connectivity index is 1.63. The molecule has 3 aromatic rings. The van der Waals surface area contributed by atoms with Crippen molar-refractivity contribution in [1.29, 1.82) is 0 Å². The quantitative estimate of drug-likeness (QED) is 0.752. The fourth-order valence-corrected chi connectivity index (χ4v) is 2.66. The van der Waals surface area contributed by atoms with E-state index in [-0.39, 0.29) is 6.79 Å². The topological polar surface area (TPSA) is 74.7 Å². The second kappa shape index (κ2) is 6.79. The number of nitrogens with one attached hydrogen (secondary N) is 1. The highest BCUT2D eigenvalue weighted by atomic mass is 16.7. The molecule has 1 aromatic heterocycles.